The molecular weight excluding hydrogens is 251 g/mol. The van der Waals surface area contributed by atoms with Gasteiger partial charge in [-0.05, 0) is 30.7 Å². The van der Waals surface area contributed by atoms with Crippen LogP contribution in [0.2, 0.25) is 0 Å². The number of anilines is 2. The maximum absolute atomic E-state index is 13.0. The summed E-state index contributed by atoms with van der Waals surface area (Å²) in [5.41, 5.74) is 7.64. The third kappa shape index (κ3) is 2.60. The summed E-state index contributed by atoms with van der Waals surface area (Å²) in [4.78, 5) is 8.15. The van der Waals surface area contributed by atoms with Gasteiger partial charge in [0, 0.05) is 11.9 Å². The topological polar surface area (TPSA) is 63.8 Å². The lowest BCUT2D eigenvalue weighted by atomic mass is 10.2. The van der Waals surface area contributed by atoms with Crippen LogP contribution in [0.15, 0.2) is 30.7 Å². The molecule has 0 spiro atoms. The van der Waals surface area contributed by atoms with Gasteiger partial charge >= 0.3 is 0 Å². The third-order valence-corrected chi connectivity index (χ3v) is 2.64. The van der Waals surface area contributed by atoms with Crippen molar-refractivity contribution in [1.29, 1.82) is 0 Å². The number of aromatic nitrogens is 2. The average Bonchev–Trinajstić information content (AvgIpc) is 2.33. The lowest BCUT2D eigenvalue weighted by Crippen LogP contribution is -2.13. The van der Waals surface area contributed by atoms with Crippen LogP contribution in [-0.2, 0) is 0 Å². The van der Waals surface area contributed by atoms with Crippen LogP contribution in [0.25, 0.3) is 0 Å². The van der Waals surface area contributed by atoms with Crippen LogP contribution in [0.1, 0.15) is 11.1 Å². The highest BCUT2D eigenvalue weighted by Gasteiger charge is 2.08. The largest absolute Gasteiger partial charge is 0.389 e. The van der Waals surface area contributed by atoms with E-state index in [9.17, 15) is 4.39 Å². The highest BCUT2D eigenvalue weighted by atomic mass is 32.1. The van der Waals surface area contributed by atoms with Gasteiger partial charge in [-0.15, -0.1) is 0 Å². The molecule has 0 fully saturated rings. The molecule has 0 atom stereocenters. The molecule has 0 bridgehead atoms. The van der Waals surface area contributed by atoms with Crippen LogP contribution in [0.5, 0.6) is 0 Å². The normalized spacial score (nSPS) is 10.1. The van der Waals surface area contributed by atoms with E-state index in [1.54, 1.807) is 13.0 Å². The van der Waals surface area contributed by atoms with Gasteiger partial charge in [-0.2, -0.15) is 0 Å². The summed E-state index contributed by atoms with van der Waals surface area (Å²) in [7, 11) is 0. The lowest BCUT2D eigenvalue weighted by molar-refractivity contribution is 0.627. The number of nitrogens with zero attached hydrogens (tertiary/aromatic N) is 2. The Morgan fingerprint density at radius 3 is 2.89 bits per heavy atom. The van der Waals surface area contributed by atoms with Crippen molar-refractivity contribution in [2.24, 2.45) is 5.73 Å². The second kappa shape index (κ2) is 5.05. The molecule has 0 aliphatic rings. The number of benzene rings is 1. The number of nitrogens with one attached hydrogen (secondary N) is 1. The Kier molecular flexibility index (Phi) is 3.47. The molecule has 18 heavy (non-hydrogen) atoms. The number of rotatable bonds is 3. The van der Waals surface area contributed by atoms with Gasteiger partial charge in [0.25, 0.3) is 0 Å². The average molecular weight is 262 g/mol. The van der Waals surface area contributed by atoms with Crippen LogP contribution in [0.4, 0.5) is 15.9 Å². The minimum Gasteiger partial charge on any atom is -0.389 e. The molecule has 0 amide bonds. The van der Waals surface area contributed by atoms with Gasteiger partial charge in [0.15, 0.2) is 0 Å². The summed E-state index contributed by atoms with van der Waals surface area (Å²) in [5.74, 6) is 0.225. The van der Waals surface area contributed by atoms with Gasteiger partial charge in [0.1, 0.15) is 23.0 Å². The van der Waals surface area contributed by atoms with E-state index in [0.29, 0.717) is 11.4 Å². The van der Waals surface area contributed by atoms with E-state index in [-0.39, 0.29) is 10.8 Å². The van der Waals surface area contributed by atoms with Gasteiger partial charge in [0.05, 0.1) is 5.56 Å². The molecule has 92 valence electrons. The molecule has 1 aromatic heterocycles. The van der Waals surface area contributed by atoms with E-state index >= 15 is 0 Å². The van der Waals surface area contributed by atoms with Crippen molar-refractivity contribution < 1.29 is 4.39 Å². The zero-order valence-corrected chi connectivity index (χ0v) is 10.5. The predicted molar refractivity (Wildman–Crippen MR) is 72.3 cm³/mol. The van der Waals surface area contributed by atoms with Crippen molar-refractivity contribution in [1.82, 2.24) is 9.97 Å². The Labute approximate surface area is 109 Å². The third-order valence-electron chi connectivity index (χ3n) is 2.42. The zero-order chi connectivity index (χ0) is 13.1. The molecule has 6 heteroatoms. The fraction of sp³-hybridized carbons (Fsp3) is 0.0833. The standard InChI is InChI=1S/C12H11FN4S/c1-7-4-8(13)2-3-10(7)17-12-9(11(14)18)5-15-6-16-12/h2-6H,1H3,(H2,14,18)(H,15,16,17). The SMILES string of the molecule is Cc1cc(F)ccc1Nc1ncncc1C(N)=S. The second-order valence-corrected chi connectivity index (χ2v) is 4.17. The molecule has 1 aromatic carbocycles. The van der Waals surface area contributed by atoms with Gasteiger partial charge in [-0.3, -0.25) is 0 Å². The van der Waals surface area contributed by atoms with E-state index in [2.05, 4.69) is 15.3 Å². The summed E-state index contributed by atoms with van der Waals surface area (Å²) in [6.45, 7) is 1.80. The molecule has 2 aromatic rings. The Bertz CT molecular complexity index is 600. The van der Waals surface area contributed by atoms with Crippen molar-refractivity contribution in [3.05, 3.63) is 47.7 Å². The summed E-state index contributed by atoms with van der Waals surface area (Å²) < 4.78 is 13.0. The molecular formula is C12H11FN4S. The molecule has 2 rings (SSSR count). The first-order valence-electron chi connectivity index (χ1n) is 5.21. The van der Waals surface area contributed by atoms with E-state index in [0.717, 1.165) is 11.3 Å². The second-order valence-electron chi connectivity index (χ2n) is 3.73. The van der Waals surface area contributed by atoms with Crippen LogP contribution in [0.3, 0.4) is 0 Å². The molecule has 0 radical (unpaired) electrons. The molecule has 0 saturated carbocycles. The molecule has 4 nitrogen and oxygen atoms in total. The minimum atomic E-state index is -0.282. The van der Waals surface area contributed by atoms with Crippen molar-refractivity contribution in [3.8, 4) is 0 Å². The van der Waals surface area contributed by atoms with E-state index in [4.69, 9.17) is 18.0 Å². The first-order chi connectivity index (χ1) is 8.58. The van der Waals surface area contributed by atoms with Crippen LogP contribution >= 0.6 is 12.2 Å². The smallest absolute Gasteiger partial charge is 0.144 e. The number of halogens is 1. The monoisotopic (exact) mass is 262 g/mol. The number of aryl methyl sites for hydroxylation is 1. The molecule has 0 saturated heterocycles. The number of thiocarbonyl (C=S) groups is 1. The molecule has 0 aliphatic heterocycles. The fourth-order valence-electron chi connectivity index (χ4n) is 1.50. The van der Waals surface area contributed by atoms with Crippen molar-refractivity contribution in [3.63, 3.8) is 0 Å². The molecule has 0 unspecified atom stereocenters. The van der Waals surface area contributed by atoms with Crippen molar-refractivity contribution in [2.75, 3.05) is 5.32 Å². The maximum atomic E-state index is 13.0. The summed E-state index contributed by atoms with van der Waals surface area (Å²) in [6, 6.07) is 4.44. The first-order valence-corrected chi connectivity index (χ1v) is 5.61. The molecule has 3 N–H and O–H groups in total. The van der Waals surface area contributed by atoms with Gasteiger partial charge in [-0.1, -0.05) is 12.2 Å². The number of hydrogen-bond acceptors (Lipinski definition) is 4. The Hall–Kier alpha value is -2.08. The predicted octanol–water partition coefficient (Wildman–Crippen LogP) is 2.30. The van der Waals surface area contributed by atoms with Crippen LogP contribution in [0, 0.1) is 12.7 Å². The first kappa shape index (κ1) is 12.4. The maximum Gasteiger partial charge on any atom is 0.144 e. The lowest BCUT2D eigenvalue weighted by Gasteiger charge is -2.11. The Morgan fingerprint density at radius 1 is 1.44 bits per heavy atom. The Balaban J connectivity index is 2.37. The highest BCUT2D eigenvalue weighted by Crippen LogP contribution is 2.21. The number of hydrogen-bond donors (Lipinski definition) is 2. The van der Waals surface area contributed by atoms with Crippen molar-refractivity contribution in [2.45, 2.75) is 6.92 Å². The quantitative estimate of drug-likeness (QED) is 0.831. The summed E-state index contributed by atoms with van der Waals surface area (Å²) in [5, 5.41) is 3.06. The van der Waals surface area contributed by atoms with E-state index in [1.165, 1.54) is 24.7 Å². The summed E-state index contributed by atoms with van der Waals surface area (Å²) in [6.07, 6.45) is 2.93. The minimum absolute atomic E-state index is 0.206. The van der Waals surface area contributed by atoms with Crippen LogP contribution in [-0.4, -0.2) is 15.0 Å². The Morgan fingerprint density at radius 2 is 2.22 bits per heavy atom. The van der Waals surface area contributed by atoms with Crippen LogP contribution < -0.4 is 11.1 Å². The van der Waals surface area contributed by atoms with Gasteiger partial charge < -0.3 is 11.1 Å². The van der Waals surface area contributed by atoms with E-state index in [1.807, 2.05) is 0 Å². The van der Waals surface area contributed by atoms with Crippen molar-refractivity contribution >= 4 is 28.7 Å². The zero-order valence-electron chi connectivity index (χ0n) is 9.64. The molecule has 1 heterocycles. The van der Waals surface area contributed by atoms with Gasteiger partial charge in [0.2, 0.25) is 0 Å². The molecule has 0 aliphatic carbocycles. The fourth-order valence-corrected chi connectivity index (χ4v) is 1.65. The summed E-state index contributed by atoms with van der Waals surface area (Å²) >= 11 is 4.92. The van der Waals surface area contributed by atoms with E-state index < -0.39 is 0 Å². The number of nitrogens with two attached hydrogens (primary N) is 1. The highest BCUT2D eigenvalue weighted by molar-refractivity contribution is 7.80. The van der Waals surface area contributed by atoms with Gasteiger partial charge in [-0.25, -0.2) is 14.4 Å².